The van der Waals surface area contributed by atoms with Crippen LogP contribution in [0.2, 0.25) is 0 Å². The predicted molar refractivity (Wildman–Crippen MR) is 120 cm³/mol. The van der Waals surface area contributed by atoms with Gasteiger partial charge in [-0.05, 0) is 56.2 Å². The lowest BCUT2D eigenvalue weighted by molar-refractivity contribution is 0.0589. The van der Waals surface area contributed by atoms with Gasteiger partial charge in [-0.25, -0.2) is 4.79 Å². The molecule has 2 aromatic rings. The molecule has 2 rings (SSSR count). The lowest BCUT2D eigenvalue weighted by Crippen LogP contribution is -2.34. The van der Waals surface area contributed by atoms with Crippen LogP contribution in [0.25, 0.3) is 12.2 Å². The molecule has 6 nitrogen and oxygen atoms in total. The average Bonchev–Trinajstić information content (AvgIpc) is 2.71. The number of carbonyl (C=O) groups is 1. The van der Waals surface area contributed by atoms with Gasteiger partial charge in [-0.1, -0.05) is 36.4 Å². The zero-order valence-corrected chi connectivity index (χ0v) is 18.1. The zero-order valence-electron chi connectivity index (χ0n) is 18.1. The molecule has 0 unspecified atom stereocenters. The number of hydrogen-bond acceptors (Lipinski definition) is 5. The van der Waals surface area contributed by atoms with Gasteiger partial charge in [0.15, 0.2) is 0 Å². The monoisotopic (exact) mass is 413 g/mol. The quantitative estimate of drug-likeness (QED) is 0.480. The van der Waals surface area contributed by atoms with Gasteiger partial charge in [-0.2, -0.15) is 0 Å². The molecule has 0 aliphatic rings. The van der Waals surface area contributed by atoms with Gasteiger partial charge in [-0.3, -0.25) is 4.90 Å². The van der Waals surface area contributed by atoms with Crippen LogP contribution in [0.15, 0.2) is 48.5 Å². The number of ether oxygens (including phenoxy) is 3. The fourth-order valence-electron chi connectivity index (χ4n) is 2.50. The van der Waals surface area contributed by atoms with Gasteiger partial charge in [0, 0.05) is 12.7 Å². The Morgan fingerprint density at radius 1 is 0.933 bits per heavy atom. The second-order valence-electron chi connectivity index (χ2n) is 7.72. The van der Waals surface area contributed by atoms with Crippen molar-refractivity contribution in [3.05, 3.63) is 59.7 Å². The SMILES string of the molecule is CN(C(=O)OC(C)(C)C)c1ccc(/C=C/c2ccc(OCCOCCO)cc2)cc1. The molecule has 0 radical (unpaired) electrons. The number of anilines is 1. The highest BCUT2D eigenvalue weighted by Gasteiger charge is 2.20. The first-order chi connectivity index (χ1) is 14.3. The fourth-order valence-corrected chi connectivity index (χ4v) is 2.50. The highest BCUT2D eigenvalue weighted by molar-refractivity contribution is 5.87. The summed E-state index contributed by atoms with van der Waals surface area (Å²) < 4.78 is 16.1. The molecule has 0 saturated carbocycles. The molecule has 0 heterocycles. The molecule has 0 atom stereocenters. The minimum Gasteiger partial charge on any atom is -0.491 e. The van der Waals surface area contributed by atoms with Crippen molar-refractivity contribution < 1.29 is 24.1 Å². The van der Waals surface area contributed by atoms with E-state index in [1.54, 1.807) is 7.05 Å². The molecule has 0 fully saturated rings. The average molecular weight is 414 g/mol. The number of nitrogens with zero attached hydrogens (tertiary/aromatic N) is 1. The summed E-state index contributed by atoms with van der Waals surface area (Å²) in [5.41, 5.74) is 2.32. The van der Waals surface area contributed by atoms with E-state index in [0.717, 1.165) is 22.6 Å². The van der Waals surface area contributed by atoms with Crippen molar-refractivity contribution in [1.29, 1.82) is 0 Å². The topological polar surface area (TPSA) is 68.2 Å². The van der Waals surface area contributed by atoms with Crippen LogP contribution in [0.5, 0.6) is 5.75 Å². The third kappa shape index (κ3) is 8.27. The van der Waals surface area contributed by atoms with E-state index in [-0.39, 0.29) is 12.7 Å². The Morgan fingerprint density at radius 2 is 1.50 bits per heavy atom. The van der Waals surface area contributed by atoms with Crippen LogP contribution in [-0.2, 0) is 9.47 Å². The van der Waals surface area contributed by atoms with Gasteiger partial charge < -0.3 is 19.3 Å². The van der Waals surface area contributed by atoms with E-state index < -0.39 is 5.60 Å². The van der Waals surface area contributed by atoms with Crippen LogP contribution in [0.4, 0.5) is 10.5 Å². The third-order valence-corrected chi connectivity index (χ3v) is 4.03. The summed E-state index contributed by atoms with van der Waals surface area (Å²) in [5.74, 6) is 0.772. The van der Waals surface area contributed by atoms with E-state index in [2.05, 4.69) is 0 Å². The lowest BCUT2D eigenvalue weighted by atomic mass is 10.1. The van der Waals surface area contributed by atoms with E-state index in [4.69, 9.17) is 19.3 Å². The van der Waals surface area contributed by atoms with E-state index >= 15 is 0 Å². The van der Waals surface area contributed by atoms with Crippen molar-refractivity contribution in [2.75, 3.05) is 38.4 Å². The molecule has 1 N–H and O–H groups in total. The predicted octanol–water partition coefficient (Wildman–Crippen LogP) is 4.62. The highest BCUT2D eigenvalue weighted by atomic mass is 16.6. The number of carbonyl (C=O) groups excluding carboxylic acids is 1. The smallest absolute Gasteiger partial charge is 0.414 e. The summed E-state index contributed by atoms with van der Waals surface area (Å²) in [6.07, 6.45) is 3.64. The zero-order chi connectivity index (χ0) is 22.0. The normalized spacial score (nSPS) is 11.5. The first-order valence-electron chi connectivity index (χ1n) is 9.95. The third-order valence-electron chi connectivity index (χ3n) is 4.03. The van der Waals surface area contributed by atoms with Crippen LogP contribution in [-0.4, -0.2) is 50.3 Å². The number of hydrogen-bond donors (Lipinski definition) is 1. The number of aliphatic hydroxyl groups excluding tert-OH is 1. The van der Waals surface area contributed by atoms with Gasteiger partial charge >= 0.3 is 6.09 Å². The fraction of sp³-hybridized carbons (Fsp3) is 0.375. The van der Waals surface area contributed by atoms with E-state index in [1.807, 2.05) is 81.5 Å². The van der Waals surface area contributed by atoms with Crippen molar-refractivity contribution in [3.63, 3.8) is 0 Å². The maximum absolute atomic E-state index is 12.2. The maximum atomic E-state index is 12.2. The molecule has 6 heteroatoms. The van der Waals surface area contributed by atoms with Gasteiger partial charge in [0.2, 0.25) is 0 Å². The molecule has 0 saturated heterocycles. The molecular weight excluding hydrogens is 382 g/mol. The van der Waals surface area contributed by atoms with Gasteiger partial charge in [0.1, 0.15) is 18.0 Å². The van der Waals surface area contributed by atoms with Crippen LogP contribution >= 0.6 is 0 Å². The van der Waals surface area contributed by atoms with E-state index in [0.29, 0.717) is 19.8 Å². The van der Waals surface area contributed by atoms with Gasteiger partial charge in [0.25, 0.3) is 0 Å². The molecule has 0 aromatic heterocycles. The number of amides is 1. The van der Waals surface area contributed by atoms with Crippen molar-refractivity contribution in [3.8, 4) is 5.75 Å². The first-order valence-corrected chi connectivity index (χ1v) is 9.95. The number of aliphatic hydroxyl groups is 1. The van der Waals surface area contributed by atoms with E-state index in [1.165, 1.54) is 4.90 Å². The number of rotatable bonds is 9. The molecule has 2 aromatic carbocycles. The van der Waals surface area contributed by atoms with Gasteiger partial charge in [0.05, 0.1) is 19.8 Å². The summed E-state index contributed by atoms with van der Waals surface area (Å²) in [6.45, 7) is 6.77. The Balaban J connectivity index is 1.88. The summed E-state index contributed by atoms with van der Waals surface area (Å²) in [5, 5.41) is 8.65. The van der Waals surface area contributed by atoms with Crippen LogP contribution < -0.4 is 9.64 Å². The van der Waals surface area contributed by atoms with Crippen LogP contribution in [0, 0.1) is 0 Å². The van der Waals surface area contributed by atoms with Crippen molar-refractivity contribution >= 4 is 23.9 Å². The largest absolute Gasteiger partial charge is 0.491 e. The molecule has 0 spiro atoms. The Morgan fingerprint density at radius 3 is 2.03 bits per heavy atom. The van der Waals surface area contributed by atoms with Gasteiger partial charge in [-0.15, -0.1) is 0 Å². The molecule has 30 heavy (non-hydrogen) atoms. The molecule has 0 bridgehead atoms. The summed E-state index contributed by atoms with van der Waals surface area (Å²) in [7, 11) is 1.70. The first kappa shape index (κ1) is 23.4. The molecule has 0 aliphatic carbocycles. The van der Waals surface area contributed by atoms with Crippen molar-refractivity contribution in [2.45, 2.75) is 26.4 Å². The maximum Gasteiger partial charge on any atom is 0.414 e. The van der Waals surface area contributed by atoms with E-state index in [9.17, 15) is 4.79 Å². The Hall–Kier alpha value is -2.83. The molecular formula is C24H31NO5. The summed E-state index contributed by atoms with van der Waals surface area (Å²) in [6, 6.07) is 15.5. The Bertz CT molecular complexity index is 807. The second kappa shape index (κ2) is 11.4. The minimum atomic E-state index is -0.525. The van der Waals surface area contributed by atoms with Crippen LogP contribution in [0.1, 0.15) is 31.9 Å². The Kier molecular flexibility index (Phi) is 8.89. The van der Waals surface area contributed by atoms with Crippen molar-refractivity contribution in [2.24, 2.45) is 0 Å². The molecule has 162 valence electrons. The van der Waals surface area contributed by atoms with Crippen LogP contribution in [0.3, 0.4) is 0 Å². The lowest BCUT2D eigenvalue weighted by Gasteiger charge is -2.24. The molecule has 1 amide bonds. The number of benzene rings is 2. The molecule has 0 aliphatic heterocycles. The standard InChI is InChI=1S/C24H31NO5/c1-24(2,3)30-23(27)25(4)21-11-7-19(8-12-21)5-6-20-9-13-22(14-10-20)29-18-17-28-16-15-26/h5-14,26H,15-18H2,1-4H3/b6-5+. The Labute approximate surface area is 178 Å². The summed E-state index contributed by atoms with van der Waals surface area (Å²) >= 11 is 0. The van der Waals surface area contributed by atoms with Crippen molar-refractivity contribution in [1.82, 2.24) is 0 Å². The summed E-state index contributed by atoms with van der Waals surface area (Å²) in [4.78, 5) is 13.6. The minimum absolute atomic E-state index is 0.0181. The second-order valence-corrected chi connectivity index (χ2v) is 7.72. The highest BCUT2D eigenvalue weighted by Crippen LogP contribution is 2.19.